The van der Waals surface area contributed by atoms with Gasteiger partial charge in [0.25, 0.3) is 0 Å². The van der Waals surface area contributed by atoms with Gasteiger partial charge in [0.15, 0.2) is 0 Å². The molecule has 0 saturated carbocycles. The summed E-state index contributed by atoms with van der Waals surface area (Å²) in [7, 11) is 1.64. The van der Waals surface area contributed by atoms with Crippen LogP contribution in [0.2, 0.25) is 5.02 Å². The monoisotopic (exact) mass is 291 g/mol. The first-order valence-corrected chi connectivity index (χ1v) is 6.82. The van der Waals surface area contributed by atoms with Crippen molar-refractivity contribution >= 4 is 11.6 Å². The highest BCUT2D eigenvalue weighted by molar-refractivity contribution is 6.31. The van der Waals surface area contributed by atoms with Gasteiger partial charge >= 0.3 is 0 Å². The Bertz CT molecular complexity index is 560. The average molecular weight is 292 g/mol. The van der Waals surface area contributed by atoms with Crippen LogP contribution in [0, 0.1) is 0 Å². The Balaban J connectivity index is 2.11. The molecule has 4 heteroatoms. The third-order valence-electron chi connectivity index (χ3n) is 3.10. The normalized spacial score (nSPS) is 12.2. The van der Waals surface area contributed by atoms with E-state index < -0.39 is 0 Å². The highest BCUT2D eigenvalue weighted by atomic mass is 35.5. The Hall–Kier alpha value is -1.55. The fourth-order valence-corrected chi connectivity index (χ4v) is 2.21. The van der Waals surface area contributed by atoms with Crippen LogP contribution < -0.4 is 10.5 Å². The van der Waals surface area contributed by atoms with Gasteiger partial charge in [0.1, 0.15) is 5.75 Å². The molecule has 1 atom stereocenters. The summed E-state index contributed by atoms with van der Waals surface area (Å²) in [5.41, 5.74) is 7.71. The van der Waals surface area contributed by atoms with Crippen molar-refractivity contribution in [1.82, 2.24) is 0 Å². The smallest absolute Gasteiger partial charge is 0.124 e. The third-order valence-corrected chi connectivity index (χ3v) is 3.47. The number of benzene rings is 2. The molecular formula is C16H18ClNO2. The fourth-order valence-electron chi connectivity index (χ4n) is 2.02. The van der Waals surface area contributed by atoms with Gasteiger partial charge in [0.2, 0.25) is 0 Å². The summed E-state index contributed by atoms with van der Waals surface area (Å²) >= 11 is 6.12. The van der Waals surface area contributed by atoms with Crippen molar-refractivity contribution in [3.63, 3.8) is 0 Å². The van der Waals surface area contributed by atoms with E-state index in [9.17, 15) is 0 Å². The molecule has 0 radical (unpaired) electrons. The summed E-state index contributed by atoms with van der Waals surface area (Å²) in [6, 6.07) is 15.3. The van der Waals surface area contributed by atoms with Crippen molar-refractivity contribution in [2.24, 2.45) is 5.73 Å². The molecule has 20 heavy (non-hydrogen) atoms. The first-order chi connectivity index (χ1) is 9.76. The van der Waals surface area contributed by atoms with Crippen LogP contribution in [0.3, 0.4) is 0 Å². The van der Waals surface area contributed by atoms with E-state index in [-0.39, 0.29) is 6.10 Å². The minimum Gasteiger partial charge on any atom is -0.496 e. The van der Waals surface area contributed by atoms with Crippen molar-refractivity contribution in [3.05, 3.63) is 64.7 Å². The molecule has 2 aromatic carbocycles. The van der Waals surface area contributed by atoms with Gasteiger partial charge in [-0.1, -0.05) is 48.0 Å². The molecule has 0 aliphatic carbocycles. The van der Waals surface area contributed by atoms with Crippen molar-refractivity contribution in [2.75, 3.05) is 13.7 Å². The average Bonchev–Trinajstić information content (AvgIpc) is 2.50. The first kappa shape index (κ1) is 14.9. The maximum Gasteiger partial charge on any atom is 0.124 e. The van der Waals surface area contributed by atoms with Crippen LogP contribution in [0.5, 0.6) is 5.75 Å². The number of para-hydroxylation sites is 1. The lowest BCUT2D eigenvalue weighted by Gasteiger charge is -2.19. The van der Waals surface area contributed by atoms with Crippen molar-refractivity contribution < 1.29 is 9.47 Å². The Morgan fingerprint density at radius 2 is 1.80 bits per heavy atom. The van der Waals surface area contributed by atoms with Crippen molar-refractivity contribution in [2.45, 2.75) is 12.7 Å². The summed E-state index contributed by atoms with van der Waals surface area (Å²) in [5.74, 6) is 0.780. The fraction of sp³-hybridized carbons (Fsp3) is 0.250. The summed E-state index contributed by atoms with van der Waals surface area (Å²) < 4.78 is 11.2. The molecule has 1 unspecified atom stereocenters. The minimum absolute atomic E-state index is 0.220. The van der Waals surface area contributed by atoms with E-state index in [0.29, 0.717) is 18.2 Å². The molecule has 2 rings (SSSR count). The standard InChI is InChI=1S/C16H18ClNO2/c1-19-15-9-5-3-7-13(15)16(10-18)20-11-12-6-2-4-8-14(12)17/h2-9,16H,10-11,18H2,1H3. The third kappa shape index (κ3) is 3.51. The maximum absolute atomic E-state index is 6.12. The van der Waals surface area contributed by atoms with Gasteiger partial charge in [0.05, 0.1) is 19.8 Å². The van der Waals surface area contributed by atoms with E-state index in [1.807, 2.05) is 48.5 Å². The van der Waals surface area contributed by atoms with Gasteiger partial charge < -0.3 is 15.2 Å². The second-order valence-electron chi connectivity index (χ2n) is 4.37. The molecule has 2 aromatic rings. The van der Waals surface area contributed by atoms with Crippen LogP contribution >= 0.6 is 11.6 Å². The maximum atomic E-state index is 6.12. The van der Waals surface area contributed by atoms with Crippen LogP contribution in [0.1, 0.15) is 17.2 Å². The molecule has 2 N–H and O–H groups in total. The van der Waals surface area contributed by atoms with Gasteiger partial charge in [-0.3, -0.25) is 0 Å². The molecule has 3 nitrogen and oxygen atoms in total. The molecule has 0 heterocycles. The van der Waals surface area contributed by atoms with Crippen molar-refractivity contribution in [3.8, 4) is 5.75 Å². The molecule has 0 saturated heterocycles. The number of hydrogen-bond donors (Lipinski definition) is 1. The lowest BCUT2D eigenvalue weighted by molar-refractivity contribution is 0.0441. The summed E-state index contributed by atoms with van der Waals surface area (Å²) in [5, 5.41) is 0.697. The Morgan fingerprint density at radius 1 is 1.10 bits per heavy atom. The van der Waals surface area contributed by atoms with Crippen LogP contribution in [0.25, 0.3) is 0 Å². The molecular weight excluding hydrogens is 274 g/mol. The van der Waals surface area contributed by atoms with Crippen LogP contribution in [0.15, 0.2) is 48.5 Å². The Morgan fingerprint density at radius 3 is 2.50 bits per heavy atom. The van der Waals surface area contributed by atoms with Crippen LogP contribution in [-0.4, -0.2) is 13.7 Å². The second kappa shape index (κ2) is 7.29. The molecule has 0 bridgehead atoms. The highest BCUT2D eigenvalue weighted by Gasteiger charge is 2.15. The lowest BCUT2D eigenvalue weighted by Crippen LogP contribution is -2.16. The predicted molar refractivity (Wildman–Crippen MR) is 81.0 cm³/mol. The molecule has 106 valence electrons. The number of ether oxygens (including phenoxy) is 2. The van der Waals surface area contributed by atoms with E-state index in [2.05, 4.69) is 0 Å². The number of nitrogens with two attached hydrogens (primary N) is 1. The molecule has 0 aliphatic rings. The van der Waals surface area contributed by atoms with Gasteiger partial charge in [-0.25, -0.2) is 0 Å². The number of halogens is 1. The zero-order chi connectivity index (χ0) is 14.4. The molecule has 0 aromatic heterocycles. The van der Waals surface area contributed by atoms with Crippen LogP contribution in [-0.2, 0) is 11.3 Å². The zero-order valence-electron chi connectivity index (χ0n) is 11.4. The molecule has 0 spiro atoms. The topological polar surface area (TPSA) is 44.5 Å². The largest absolute Gasteiger partial charge is 0.496 e. The highest BCUT2D eigenvalue weighted by Crippen LogP contribution is 2.28. The predicted octanol–water partition coefficient (Wildman–Crippen LogP) is 3.57. The quantitative estimate of drug-likeness (QED) is 0.885. The van der Waals surface area contributed by atoms with Gasteiger partial charge in [-0.05, 0) is 17.7 Å². The SMILES string of the molecule is COc1ccccc1C(CN)OCc1ccccc1Cl. The Labute approximate surface area is 124 Å². The number of rotatable bonds is 6. The second-order valence-corrected chi connectivity index (χ2v) is 4.78. The van der Waals surface area contributed by atoms with Crippen LogP contribution in [0.4, 0.5) is 0 Å². The van der Waals surface area contributed by atoms with Gasteiger partial charge in [-0.15, -0.1) is 0 Å². The number of methoxy groups -OCH3 is 1. The van der Waals surface area contributed by atoms with E-state index in [1.54, 1.807) is 7.11 Å². The minimum atomic E-state index is -0.220. The molecule has 0 amide bonds. The Kier molecular flexibility index (Phi) is 5.41. The molecule has 0 fully saturated rings. The molecule has 0 aliphatic heterocycles. The van der Waals surface area contributed by atoms with E-state index in [0.717, 1.165) is 16.9 Å². The summed E-state index contributed by atoms with van der Waals surface area (Å²) in [4.78, 5) is 0. The summed E-state index contributed by atoms with van der Waals surface area (Å²) in [6.45, 7) is 0.796. The number of hydrogen-bond acceptors (Lipinski definition) is 3. The van der Waals surface area contributed by atoms with Crippen molar-refractivity contribution in [1.29, 1.82) is 0 Å². The van der Waals surface area contributed by atoms with E-state index in [4.69, 9.17) is 26.8 Å². The first-order valence-electron chi connectivity index (χ1n) is 6.44. The lowest BCUT2D eigenvalue weighted by atomic mass is 10.1. The van der Waals surface area contributed by atoms with Gasteiger partial charge in [0, 0.05) is 17.1 Å². The summed E-state index contributed by atoms with van der Waals surface area (Å²) in [6.07, 6.45) is -0.220. The van der Waals surface area contributed by atoms with E-state index >= 15 is 0 Å². The van der Waals surface area contributed by atoms with E-state index in [1.165, 1.54) is 0 Å². The zero-order valence-corrected chi connectivity index (χ0v) is 12.1. The van der Waals surface area contributed by atoms with Gasteiger partial charge in [-0.2, -0.15) is 0 Å².